The summed E-state index contributed by atoms with van der Waals surface area (Å²) in [5, 5.41) is 3.59. The summed E-state index contributed by atoms with van der Waals surface area (Å²) in [4.78, 5) is 0. The Labute approximate surface area is 90.3 Å². The summed E-state index contributed by atoms with van der Waals surface area (Å²) < 4.78 is 10.8. The lowest BCUT2D eigenvalue weighted by molar-refractivity contribution is 0.281. The van der Waals surface area contributed by atoms with Gasteiger partial charge in [-0.15, -0.1) is 0 Å². The van der Waals surface area contributed by atoms with Gasteiger partial charge in [0.25, 0.3) is 0 Å². The van der Waals surface area contributed by atoms with Crippen molar-refractivity contribution >= 4 is 10.8 Å². The Bertz CT molecular complexity index is 184. The van der Waals surface area contributed by atoms with E-state index in [-0.39, 0.29) is 0 Å². The summed E-state index contributed by atoms with van der Waals surface area (Å²) in [6, 6.07) is 0.717. The minimum absolute atomic E-state index is 0.621. The third-order valence-electron chi connectivity index (χ3n) is 3.13. The summed E-state index contributed by atoms with van der Waals surface area (Å²) in [7, 11) is -0.621. The van der Waals surface area contributed by atoms with Crippen molar-refractivity contribution < 1.29 is 4.21 Å². The fourth-order valence-corrected chi connectivity index (χ4v) is 2.73. The minimum Gasteiger partial charge on any atom is -0.314 e. The van der Waals surface area contributed by atoms with Crippen LogP contribution in [0.15, 0.2) is 0 Å². The van der Waals surface area contributed by atoms with E-state index < -0.39 is 10.8 Å². The quantitative estimate of drug-likeness (QED) is 0.713. The normalized spacial score (nSPS) is 30.1. The molecule has 0 amide bonds. The SMILES string of the molecule is CC1CCCCC1NCCCS(C)=O. The van der Waals surface area contributed by atoms with Crippen LogP contribution in [0.25, 0.3) is 0 Å². The molecule has 1 aliphatic carbocycles. The lowest BCUT2D eigenvalue weighted by atomic mass is 9.86. The van der Waals surface area contributed by atoms with Crippen molar-refractivity contribution in [1.29, 1.82) is 0 Å². The van der Waals surface area contributed by atoms with Gasteiger partial charge in [0, 0.05) is 28.9 Å². The molecule has 0 saturated heterocycles. The van der Waals surface area contributed by atoms with Crippen molar-refractivity contribution in [3.8, 4) is 0 Å². The van der Waals surface area contributed by atoms with Gasteiger partial charge in [-0.05, 0) is 31.7 Å². The van der Waals surface area contributed by atoms with Crippen molar-refractivity contribution in [2.45, 2.75) is 45.1 Å². The van der Waals surface area contributed by atoms with Gasteiger partial charge in [-0.2, -0.15) is 0 Å². The van der Waals surface area contributed by atoms with E-state index in [2.05, 4.69) is 12.2 Å². The monoisotopic (exact) mass is 217 g/mol. The van der Waals surface area contributed by atoms with Crippen LogP contribution in [0.1, 0.15) is 39.0 Å². The van der Waals surface area contributed by atoms with Gasteiger partial charge in [0.15, 0.2) is 0 Å². The van der Waals surface area contributed by atoms with Crippen LogP contribution < -0.4 is 5.32 Å². The molecule has 3 heteroatoms. The van der Waals surface area contributed by atoms with Crippen molar-refractivity contribution in [3.05, 3.63) is 0 Å². The number of nitrogens with one attached hydrogen (secondary N) is 1. The first kappa shape index (κ1) is 12.2. The Hall–Kier alpha value is 0.110. The minimum atomic E-state index is -0.621. The summed E-state index contributed by atoms with van der Waals surface area (Å²) in [5.41, 5.74) is 0. The molecule has 1 saturated carbocycles. The van der Waals surface area contributed by atoms with E-state index in [1.165, 1.54) is 25.7 Å². The zero-order valence-corrected chi connectivity index (χ0v) is 10.2. The van der Waals surface area contributed by atoms with Gasteiger partial charge in [-0.3, -0.25) is 4.21 Å². The third kappa shape index (κ3) is 4.56. The average Bonchev–Trinajstić information content (AvgIpc) is 2.15. The van der Waals surface area contributed by atoms with Gasteiger partial charge in [0.2, 0.25) is 0 Å². The summed E-state index contributed by atoms with van der Waals surface area (Å²) >= 11 is 0. The van der Waals surface area contributed by atoms with Gasteiger partial charge >= 0.3 is 0 Å². The van der Waals surface area contributed by atoms with Gasteiger partial charge in [0.05, 0.1) is 0 Å². The standard InChI is InChI=1S/C11H23NOS/c1-10-6-3-4-7-11(10)12-8-5-9-14(2)13/h10-12H,3-9H2,1-2H3. The summed E-state index contributed by atoms with van der Waals surface area (Å²) in [5.74, 6) is 1.67. The lowest BCUT2D eigenvalue weighted by Crippen LogP contribution is -2.38. The highest BCUT2D eigenvalue weighted by molar-refractivity contribution is 7.84. The molecule has 0 heterocycles. The molecule has 0 bridgehead atoms. The average molecular weight is 217 g/mol. The Morgan fingerprint density at radius 2 is 2.07 bits per heavy atom. The Kier molecular flexibility index (Phi) is 5.71. The van der Waals surface area contributed by atoms with Crippen LogP contribution in [0, 0.1) is 5.92 Å². The largest absolute Gasteiger partial charge is 0.314 e. The second-order valence-electron chi connectivity index (χ2n) is 4.45. The molecule has 0 aromatic carbocycles. The molecule has 2 nitrogen and oxygen atoms in total. The Morgan fingerprint density at radius 1 is 1.36 bits per heavy atom. The molecule has 0 spiro atoms. The number of hydrogen-bond donors (Lipinski definition) is 1. The van der Waals surface area contributed by atoms with Crippen LogP contribution in [0.2, 0.25) is 0 Å². The molecule has 0 aliphatic heterocycles. The molecule has 84 valence electrons. The van der Waals surface area contributed by atoms with Crippen molar-refractivity contribution in [2.75, 3.05) is 18.6 Å². The first-order chi connectivity index (χ1) is 6.70. The molecular formula is C11H23NOS. The van der Waals surface area contributed by atoms with E-state index in [1.807, 2.05) is 0 Å². The zero-order valence-electron chi connectivity index (χ0n) is 9.42. The molecule has 1 fully saturated rings. The van der Waals surface area contributed by atoms with Crippen LogP contribution in [0.5, 0.6) is 0 Å². The van der Waals surface area contributed by atoms with Crippen LogP contribution in [-0.2, 0) is 10.8 Å². The zero-order chi connectivity index (χ0) is 10.4. The van der Waals surface area contributed by atoms with Crippen molar-refractivity contribution in [3.63, 3.8) is 0 Å². The second kappa shape index (κ2) is 6.57. The molecule has 1 aliphatic rings. The third-order valence-corrected chi connectivity index (χ3v) is 3.99. The lowest BCUT2D eigenvalue weighted by Gasteiger charge is -2.29. The van der Waals surface area contributed by atoms with Gasteiger partial charge in [-0.25, -0.2) is 0 Å². The van der Waals surface area contributed by atoms with E-state index in [1.54, 1.807) is 6.26 Å². The van der Waals surface area contributed by atoms with Crippen LogP contribution in [0.3, 0.4) is 0 Å². The predicted octanol–water partition coefficient (Wildman–Crippen LogP) is 1.92. The van der Waals surface area contributed by atoms with Crippen LogP contribution in [-0.4, -0.2) is 28.8 Å². The van der Waals surface area contributed by atoms with Crippen LogP contribution >= 0.6 is 0 Å². The van der Waals surface area contributed by atoms with E-state index in [9.17, 15) is 4.21 Å². The predicted molar refractivity (Wildman–Crippen MR) is 63.0 cm³/mol. The first-order valence-corrected chi connectivity index (χ1v) is 7.46. The van der Waals surface area contributed by atoms with E-state index in [0.29, 0.717) is 6.04 Å². The van der Waals surface area contributed by atoms with Crippen molar-refractivity contribution in [1.82, 2.24) is 5.32 Å². The summed E-state index contributed by atoms with van der Waals surface area (Å²) in [6.07, 6.45) is 8.31. The van der Waals surface area contributed by atoms with E-state index in [0.717, 1.165) is 24.6 Å². The first-order valence-electron chi connectivity index (χ1n) is 5.73. The maximum atomic E-state index is 10.8. The topological polar surface area (TPSA) is 29.1 Å². The second-order valence-corrected chi connectivity index (χ2v) is 6.01. The van der Waals surface area contributed by atoms with Gasteiger partial charge in [-0.1, -0.05) is 19.8 Å². The molecule has 14 heavy (non-hydrogen) atoms. The molecule has 1 rings (SSSR count). The fourth-order valence-electron chi connectivity index (χ4n) is 2.18. The van der Waals surface area contributed by atoms with Crippen LogP contribution in [0.4, 0.5) is 0 Å². The highest BCUT2D eigenvalue weighted by Gasteiger charge is 2.19. The highest BCUT2D eigenvalue weighted by Crippen LogP contribution is 2.23. The highest BCUT2D eigenvalue weighted by atomic mass is 32.2. The number of rotatable bonds is 5. The van der Waals surface area contributed by atoms with Gasteiger partial charge < -0.3 is 5.32 Å². The maximum Gasteiger partial charge on any atom is 0.0244 e. The van der Waals surface area contributed by atoms with Gasteiger partial charge in [0.1, 0.15) is 0 Å². The smallest absolute Gasteiger partial charge is 0.0244 e. The van der Waals surface area contributed by atoms with Crippen molar-refractivity contribution in [2.24, 2.45) is 5.92 Å². The number of hydrogen-bond acceptors (Lipinski definition) is 2. The fraction of sp³-hybridized carbons (Fsp3) is 1.00. The molecule has 3 unspecified atom stereocenters. The molecule has 3 atom stereocenters. The van der Waals surface area contributed by atoms with E-state index >= 15 is 0 Å². The summed E-state index contributed by atoms with van der Waals surface area (Å²) in [6.45, 7) is 3.38. The maximum absolute atomic E-state index is 10.8. The van der Waals surface area contributed by atoms with E-state index in [4.69, 9.17) is 0 Å². The molecule has 0 aromatic heterocycles. The molecule has 1 N–H and O–H groups in total. The molecule has 0 aromatic rings. The molecule has 0 radical (unpaired) electrons. The Morgan fingerprint density at radius 3 is 2.71 bits per heavy atom. The molecular weight excluding hydrogens is 194 g/mol. The Balaban J connectivity index is 2.07.